The molecule has 0 fully saturated rings. The van der Waals surface area contributed by atoms with E-state index in [1.165, 1.54) is 16.2 Å². The first kappa shape index (κ1) is 15.0. The average Bonchev–Trinajstić information content (AvgIpc) is 2.59. The van der Waals surface area contributed by atoms with Gasteiger partial charge < -0.3 is 10.8 Å². The standard InChI is InChI=1S/C20H23NO/c1-3-13(2)20(22)19(21)18-12-14-8-4-5-9-15(14)16-10-6-7-11-17(16)18/h4-13,19-20,22H,3,21H2,1-2H3/t13?,19-,20+/m0/s1. The van der Waals surface area contributed by atoms with Crippen LogP contribution in [0, 0.1) is 5.92 Å². The molecule has 0 spiro atoms. The molecule has 0 saturated carbocycles. The first-order valence-corrected chi connectivity index (χ1v) is 7.97. The molecular formula is C20H23NO. The lowest BCUT2D eigenvalue weighted by atomic mass is 9.87. The van der Waals surface area contributed by atoms with Crippen molar-refractivity contribution in [2.75, 3.05) is 0 Å². The van der Waals surface area contributed by atoms with Gasteiger partial charge in [-0.2, -0.15) is 0 Å². The fourth-order valence-electron chi connectivity index (χ4n) is 3.14. The van der Waals surface area contributed by atoms with Crippen LogP contribution < -0.4 is 5.73 Å². The average molecular weight is 293 g/mol. The first-order valence-electron chi connectivity index (χ1n) is 7.97. The van der Waals surface area contributed by atoms with Crippen LogP contribution in [-0.2, 0) is 0 Å². The Morgan fingerprint density at radius 3 is 2.23 bits per heavy atom. The Morgan fingerprint density at radius 1 is 0.955 bits per heavy atom. The fraction of sp³-hybridized carbons (Fsp3) is 0.300. The molecule has 0 aromatic heterocycles. The molecule has 0 aliphatic carbocycles. The van der Waals surface area contributed by atoms with E-state index in [1.54, 1.807) is 0 Å². The summed E-state index contributed by atoms with van der Waals surface area (Å²) >= 11 is 0. The molecule has 0 heterocycles. The summed E-state index contributed by atoms with van der Waals surface area (Å²) in [4.78, 5) is 0. The zero-order valence-electron chi connectivity index (χ0n) is 13.2. The lowest BCUT2D eigenvalue weighted by molar-refractivity contribution is 0.0885. The highest BCUT2D eigenvalue weighted by molar-refractivity contribution is 6.09. The van der Waals surface area contributed by atoms with Gasteiger partial charge in [0.1, 0.15) is 0 Å². The van der Waals surface area contributed by atoms with Gasteiger partial charge in [0.2, 0.25) is 0 Å². The minimum atomic E-state index is -0.533. The maximum Gasteiger partial charge on any atom is 0.0758 e. The predicted octanol–water partition coefficient (Wildman–Crippen LogP) is 4.40. The number of hydrogen-bond donors (Lipinski definition) is 2. The predicted molar refractivity (Wildman–Crippen MR) is 93.8 cm³/mol. The van der Waals surface area contributed by atoms with Crippen molar-refractivity contribution in [1.29, 1.82) is 0 Å². The second-order valence-electron chi connectivity index (χ2n) is 6.13. The molecule has 3 aromatic rings. The van der Waals surface area contributed by atoms with Crippen LogP contribution in [0.4, 0.5) is 0 Å². The Balaban J connectivity index is 2.23. The third-order valence-electron chi connectivity index (χ3n) is 4.75. The van der Waals surface area contributed by atoms with E-state index in [0.717, 1.165) is 17.4 Å². The molecule has 0 radical (unpaired) electrons. The van der Waals surface area contributed by atoms with Gasteiger partial charge in [-0.15, -0.1) is 0 Å². The van der Waals surface area contributed by atoms with Gasteiger partial charge in [0.05, 0.1) is 12.1 Å². The maximum absolute atomic E-state index is 10.5. The molecule has 3 aromatic carbocycles. The Morgan fingerprint density at radius 2 is 1.55 bits per heavy atom. The molecular weight excluding hydrogens is 270 g/mol. The molecule has 2 nitrogen and oxygen atoms in total. The smallest absolute Gasteiger partial charge is 0.0758 e. The molecule has 114 valence electrons. The van der Waals surface area contributed by atoms with Crippen LogP contribution in [0.15, 0.2) is 54.6 Å². The normalized spacial score (nSPS) is 15.8. The third kappa shape index (κ3) is 2.49. The first-order chi connectivity index (χ1) is 10.6. The minimum Gasteiger partial charge on any atom is -0.391 e. The summed E-state index contributed by atoms with van der Waals surface area (Å²) in [6.07, 6.45) is 0.384. The number of nitrogens with two attached hydrogens (primary N) is 1. The van der Waals surface area contributed by atoms with Crippen LogP contribution in [0.5, 0.6) is 0 Å². The molecule has 3 atom stereocenters. The van der Waals surface area contributed by atoms with Crippen LogP contribution in [-0.4, -0.2) is 11.2 Å². The molecule has 0 bridgehead atoms. The summed E-state index contributed by atoms with van der Waals surface area (Å²) in [5.41, 5.74) is 7.45. The van der Waals surface area contributed by atoms with E-state index in [1.807, 2.05) is 19.1 Å². The topological polar surface area (TPSA) is 46.2 Å². The third-order valence-corrected chi connectivity index (χ3v) is 4.75. The number of hydrogen-bond acceptors (Lipinski definition) is 2. The fourth-order valence-corrected chi connectivity index (χ4v) is 3.14. The van der Waals surface area contributed by atoms with E-state index in [-0.39, 0.29) is 12.0 Å². The summed E-state index contributed by atoms with van der Waals surface area (Å²) in [5.74, 6) is 0.181. The van der Waals surface area contributed by atoms with Crippen molar-refractivity contribution in [3.05, 3.63) is 60.2 Å². The molecule has 0 aliphatic rings. The van der Waals surface area contributed by atoms with Crippen molar-refractivity contribution < 1.29 is 5.11 Å². The summed E-state index contributed by atoms with van der Waals surface area (Å²) in [7, 11) is 0. The quantitative estimate of drug-likeness (QED) is 0.700. The molecule has 2 heteroatoms. The zero-order chi connectivity index (χ0) is 15.7. The number of fused-ring (bicyclic) bond motifs is 3. The summed E-state index contributed by atoms with van der Waals surface area (Å²) in [6, 6.07) is 18.4. The van der Waals surface area contributed by atoms with Crippen LogP contribution >= 0.6 is 0 Å². The van der Waals surface area contributed by atoms with Gasteiger partial charge in [-0.1, -0.05) is 68.8 Å². The van der Waals surface area contributed by atoms with E-state index < -0.39 is 6.10 Å². The lowest BCUT2D eigenvalue weighted by Crippen LogP contribution is -2.31. The maximum atomic E-state index is 10.5. The van der Waals surface area contributed by atoms with Gasteiger partial charge in [-0.3, -0.25) is 0 Å². The van der Waals surface area contributed by atoms with Crippen molar-refractivity contribution >= 4 is 21.5 Å². The van der Waals surface area contributed by atoms with E-state index in [4.69, 9.17) is 5.73 Å². The zero-order valence-corrected chi connectivity index (χ0v) is 13.2. The molecule has 1 unspecified atom stereocenters. The van der Waals surface area contributed by atoms with Crippen LogP contribution in [0.25, 0.3) is 21.5 Å². The highest BCUT2D eigenvalue weighted by Gasteiger charge is 2.23. The van der Waals surface area contributed by atoms with Gasteiger partial charge in [0.15, 0.2) is 0 Å². The molecule has 0 aliphatic heterocycles. The number of benzene rings is 3. The molecule has 3 rings (SSSR count). The van der Waals surface area contributed by atoms with Crippen molar-refractivity contribution in [1.82, 2.24) is 0 Å². The van der Waals surface area contributed by atoms with Gasteiger partial charge in [-0.25, -0.2) is 0 Å². The van der Waals surface area contributed by atoms with Crippen molar-refractivity contribution in [2.24, 2.45) is 11.7 Å². The van der Waals surface area contributed by atoms with Gasteiger partial charge in [0, 0.05) is 0 Å². The number of aliphatic hydroxyl groups is 1. The molecule has 22 heavy (non-hydrogen) atoms. The van der Waals surface area contributed by atoms with Crippen molar-refractivity contribution in [3.63, 3.8) is 0 Å². The highest BCUT2D eigenvalue weighted by atomic mass is 16.3. The van der Waals surface area contributed by atoms with E-state index >= 15 is 0 Å². The Bertz CT molecular complexity index is 796. The number of rotatable bonds is 4. The Kier molecular flexibility index (Phi) is 4.14. The highest BCUT2D eigenvalue weighted by Crippen LogP contribution is 2.33. The van der Waals surface area contributed by atoms with Gasteiger partial charge in [-0.05, 0) is 39.1 Å². The van der Waals surface area contributed by atoms with Crippen LogP contribution in [0.2, 0.25) is 0 Å². The minimum absolute atomic E-state index is 0.181. The van der Waals surface area contributed by atoms with E-state index in [0.29, 0.717) is 0 Å². The van der Waals surface area contributed by atoms with Crippen molar-refractivity contribution in [3.8, 4) is 0 Å². The largest absolute Gasteiger partial charge is 0.391 e. The van der Waals surface area contributed by atoms with Gasteiger partial charge in [0.25, 0.3) is 0 Å². The summed E-state index contributed by atoms with van der Waals surface area (Å²) < 4.78 is 0. The molecule has 0 amide bonds. The lowest BCUT2D eigenvalue weighted by Gasteiger charge is -2.26. The summed E-state index contributed by atoms with van der Waals surface area (Å²) in [6.45, 7) is 4.13. The molecule has 0 saturated heterocycles. The van der Waals surface area contributed by atoms with Crippen molar-refractivity contribution in [2.45, 2.75) is 32.4 Å². The van der Waals surface area contributed by atoms with Gasteiger partial charge >= 0.3 is 0 Å². The van der Waals surface area contributed by atoms with E-state index in [2.05, 4.69) is 49.4 Å². The monoisotopic (exact) mass is 293 g/mol. The summed E-state index contributed by atoms with van der Waals surface area (Å²) in [5, 5.41) is 15.3. The molecule has 3 N–H and O–H groups in total. The van der Waals surface area contributed by atoms with Crippen LogP contribution in [0.3, 0.4) is 0 Å². The second-order valence-corrected chi connectivity index (χ2v) is 6.13. The number of aliphatic hydroxyl groups excluding tert-OH is 1. The Hall–Kier alpha value is -1.90. The van der Waals surface area contributed by atoms with E-state index in [9.17, 15) is 5.11 Å². The van der Waals surface area contributed by atoms with Crippen LogP contribution in [0.1, 0.15) is 31.9 Å². The SMILES string of the molecule is CCC(C)[C@@H](O)[C@@H](N)c1cc2ccccc2c2ccccc12. The Labute approximate surface area is 131 Å². The second kappa shape index (κ2) is 6.07.